The lowest BCUT2D eigenvalue weighted by atomic mass is 9.87. The standard InChI is InChI=1S/C32H50N4O7/c1-20(8-10-24-15-32(19-41-32)16-25(43-24)14-29(33)38)9-11-28-22(3)13-26(23(4)42-28)34-30-18-36(31(39)40)27(17-35(30)5)21(2)7-6-12-37/h6-10,12,21-28,30,34H,11,13-19H2,1-5H3,(H2,33,38)(H,39,40)/t21?,22-,23+,24+,25+,26+,27+,28-,30?,32+/m0/s1. The summed E-state index contributed by atoms with van der Waals surface area (Å²) in [4.78, 5) is 38.0. The summed E-state index contributed by atoms with van der Waals surface area (Å²) < 4.78 is 18.3. The van der Waals surface area contributed by atoms with Gasteiger partial charge in [-0.1, -0.05) is 43.7 Å². The molecule has 4 saturated heterocycles. The first-order valence-corrected chi connectivity index (χ1v) is 15.6. The smallest absolute Gasteiger partial charge is 0.407 e. The van der Waals surface area contributed by atoms with Gasteiger partial charge in [0.1, 0.15) is 6.29 Å². The molecule has 43 heavy (non-hydrogen) atoms. The highest BCUT2D eigenvalue weighted by Crippen LogP contribution is 2.43. The van der Waals surface area contributed by atoms with Crippen LogP contribution in [0.4, 0.5) is 4.79 Å². The fourth-order valence-electron chi connectivity index (χ4n) is 6.80. The fraction of sp³-hybridized carbons (Fsp3) is 0.719. The monoisotopic (exact) mass is 602 g/mol. The number of amides is 2. The molecule has 4 aliphatic heterocycles. The molecule has 0 saturated carbocycles. The number of nitrogens with one attached hydrogen (secondary N) is 1. The topological polar surface area (TPSA) is 147 Å². The first kappa shape index (κ1) is 33.3. The molecule has 0 aliphatic carbocycles. The normalized spacial score (nSPS) is 38.1. The van der Waals surface area contributed by atoms with Crippen molar-refractivity contribution in [1.82, 2.24) is 15.1 Å². The van der Waals surface area contributed by atoms with Crippen molar-refractivity contribution in [2.24, 2.45) is 17.6 Å². The summed E-state index contributed by atoms with van der Waals surface area (Å²) in [5.74, 6) is -0.117. The summed E-state index contributed by atoms with van der Waals surface area (Å²) >= 11 is 0. The minimum atomic E-state index is -0.949. The summed E-state index contributed by atoms with van der Waals surface area (Å²) in [5.41, 5.74) is 6.36. The first-order valence-electron chi connectivity index (χ1n) is 15.6. The number of rotatable bonds is 11. The van der Waals surface area contributed by atoms with E-state index in [1.165, 1.54) is 11.0 Å². The van der Waals surface area contributed by atoms with Crippen molar-refractivity contribution in [3.8, 4) is 0 Å². The van der Waals surface area contributed by atoms with E-state index in [4.69, 9.17) is 19.9 Å². The molecule has 1 spiro atoms. The van der Waals surface area contributed by atoms with E-state index in [0.717, 1.165) is 31.1 Å². The number of aldehydes is 1. The Morgan fingerprint density at radius 2 is 1.95 bits per heavy atom. The maximum atomic E-state index is 12.1. The SMILES string of the molecule is CC(C=C[C@@H]1C[C@]2(CO2)C[C@@H](CC(N)=O)O1)=CC[C@@H]1O[C@H](C)[C@H](NC2CN(C(=O)O)[C@@H](C(C)C=CC=O)CN2C)C[C@@H]1C. The van der Waals surface area contributed by atoms with E-state index in [-0.39, 0.29) is 66.5 Å². The van der Waals surface area contributed by atoms with Crippen molar-refractivity contribution in [3.05, 3.63) is 36.0 Å². The van der Waals surface area contributed by atoms with Crippen molar-refractivity contribution >= 4 is 18.3 Å². The van der Waals surface area contributed by atoms with E-state index in [2.05, 4.69) is 49.2 Å². The van der Waals surface area contributed by atoms with Gasteiger partial charge in [0.05, 0.1) is 61.8 Å². The highest BCUT2D eigenvalue weighted by Gasteiger charge is 2.51. The number of hydrogen-bond acceptors (Lipinski definition) is 8. The predicted molar refractivity (Wildman–Crippen MR) is 162 cm³/mol. The Hall–Kier alpha value is -2.57. The Bertz CT molecular complexity index is 1090. The number of allylic oxidation sites excluding steroid dienone is 3. The molecular weight excluding hydrogens is 552 g/mol. The molecule has 11 heteroatoms. The highest BCUT2D eigenvalue weighted by atomic mass is 16.6. The molecule has 11 nitrogen and oxygen atoms in total. The molecule has 2 unspecified atom stereocenters. The number of nitrogens with two attached hydrogens (primary N) is 1. The largest absolute Gasteiger partial charge is 0.465 e. The lowest BCUT2D eigenvalue weighted by Gasteiger charge is -2.48. The van der Waals surface area contributed by atoms with Crippen molar-refractivity contribution in [2.75, 3.05) is 26.7 Å². The number of carboxylic acid groups (broad SMARTS) is 1. The molecule has 4 fully saturated rings. The zero-order chi connectivity index (χ0) is 31.3. The molecule has 0 radical (unpaired) electrons. The summed E-state index contributed by atoms with van der Waals surface area (Å²) in [6.07, 6.45) is 12.3. The van der Waals surface area contributed by atoms with Crippen LogP contribution in [-0.2, 0) is 23.8 Å². The number of epoxide rings is 1. The minimum Gasteiger partial charge on any atom is -0.465 e. The van der Waals surface area contributed by atoms with E-state index in [1.54, 1.807) is 6.08 Å². The van der Waals surface area contributed by atoms with Gasteiger partial charge >= 0.3 is 6.09 Å². The van der Waals surface area contributed by atoms with Crippen LogP contribution in [-0.4, -0.2) is 108 Å². The van der Waals surface area contributed by atoms with Gasteiger partial charge in [-0.2, -0.15) is 0 Å². The van der Waals surface area contributed by atoms with Crippen LogP contribution in [0, 0.1) is 11.8 Å². The van der Waals surface area contributed by atoms with Gasteiger partial charge in [0.25, 0.3) is 0 Å². The third kappa shape index (κ3) is 8.98. The lowest BCUT2D eigenvalue weighted by molar-refractivity contribution is -0.124. The number of likely N-dealkylation sites (N-methyl/N-ethyl adjacent to an activating group) is 1. The van der Waals surface area contributed by atoms with E-state index < -0.39 is 6.09 Å². The van der Waals surface area contributed by atoms with Crippen LogP contribution in [0.3, 0.4) is 0 Å². The summed E-state index contributed by atoms with van der Waals surface area (Å²) in [7, 11) is 2.01. The maximum Gasteiger partial charge on any atom is 0.407 e. The van der Waals surface area contributed by atoms with Crippen LogP contribution in [0.25, 0.3) is 0 Å². The number of primary amides is 1. The minimum absolute atomic E-state index is 0.0307. The molecule has 0 aromatic heterocycles. The quantitative estimate of drug-likeness (QED) is 0.141. The van der Waals surface area contributed by atoms with Gasteiger partial charge in [0.2, 0.25) is 5.91 Å². The third-order valence-electron chi connectivity index (χ3n) is 9.51. The van der Waals surface area contributed by atoms with Crippen molar-refractivity contribution in [2.45, 2.75) is 108 Å². The van der Waals surface area contributed by atoms with Crippen LogP contribution in [0.1, 0.15) is 59.8 Å². The summed E-state index contributed by atoms with van der Waals surface area (Å²) in [6.45, 7) is 9.92. The van der Waals surface area contributed by atoms with E-state index in [0.29, 0.717) is 32.0 Å². The van der Waals surface area contributed by atoms with Crippen molar-refractivity contribution in [3.63, 3.8) is 0 Å². The Kier molecular flexibility index (Phi) is 11.2. The summed E-state index contributed by atoms with van der Waals surface area (Å²) in [5, 5.41) is 13.6. The van der Waals surface area contributed by atoms with Crippen molar-refractivity contribution in [1.29, 1.82) is 0 Å². The van der Waals surface area contributed by atoms with Crippen LogP contribution in [0.15, 0.2) is 36.0 Å². The average molecular weight is 603 g/mol. The molecule has 0 bridgehead atoms. The Balaban J connectivity index is 1.28. The third-order valence-corrected chi connectivity index (χ3v) is 9.51. The summed E-state index contributed by atoms with van der Waals surface area (Å²) in [6, 6.07) is -0.134. The molecule has 0 aromatic carbocycles. The Morgan fingerprint density at radius 1 is 1.21 bits per heavy atom. The molecule has 240 valence electrons. The highest BCUT2D eigenvalue weighted by molar-refractivity contribution is 5.74. The van der Waals surface area contributed by atoms with Gasteiger partial charge in [0, 0.05) is 25.4 Å². The molecule has 10 atom stereocenters. The van der Waals surface area contributed by atoms with E-state index >= 15 is 0 Å². The lowest BCUT2D eigenvalue weighted by Crippen LogP contribution is -2.66. The number of carbonyl (C=O) groups is 3. The molecule has 0 aromatic rings. The van der Waals surface area contributed by atoms with Gasteiger partial charge in [-0.05, 0) is 51.6 Å². The molecular formula is C32H50N4O7. The predicted octanol–water partition coefficient (Wildman–Crippen LogP) is 2.85. The molecule has 4 rings (SSSR count). The van der Waals surface area contributed by atoms with Crippen LogP contribution < -0.4 is 11.1 Å². The molecule has 4 N–H and O–H groups in total. The number of nitrogens with zero attached hydrogens (tertiary/aromatic N) is 2. The van der Waals surface area contributed by atoms with Gasteiger partial charge in [-0.15, -0.1) is 0 Å². The maximum absolute atomic E-state index is 12.1. The number of piperazine rings is 1. The van der Waals surface area contributed by atoms with Gasteiger partial charge in [0.15, 0.2) is 0 Å². The van der Waals surface area contributed by atoms with Crippen LogP contribution >= 0.6 is 0 Å². The van der Waals surface area contributed by atoms with E-state index in [9.17, 15) is 19.5 Å². The second-order valence-corrected chi connectivity index (χ2v) is 13.1. The Labute approximate surface area is 255 Å². The van der Waals surface area contributed by atoms with Crippen LogP contribution in [0.5, 0.6) is 0 Å². The molecule has 4 aliphatic rings. The van der Waals surface area contributed by atoms with Crippen LogP contribution in [0.2, 0.25) is 0 Å². The number of hydrogen-bond donors (Lipinski definition) is 3. The second-order valence-electron chi connectivity index (χ2n) is 13.1. The van der Waals surface area contributed by atoms with Gasteiger partial charge < -0.3 is 30.0 Å². The zero-order valence-electron chi connectivity index (χ0n) is 26.2. The zero-order valence-corrected chi connectivity index (χ0v) is 26.2. The van der Waals surface area contributed by atoms with E-state index in [1.807, 2.05) is 14.0 Å². The first-order chi connectivity index (χ1) is 20.4. The fourth-order valence-corrected chi connectivity index (χ4v) is 6.80. The van der Waals surface area contributed by atoms with Crippen molar-refractivity contribution < 1.29 is 33.7 Å². The Morgan fingerprint density at radius 3 is 2.60 bits per heavy atom. The number of ether oxygens (including phenoxy) is 3. The van der Waals surface area contributed by atoms with Gasteiger partial charge in [-0.3, -0.25) is 19.8 Å². The molecule has 2 amide bonds. The second kappa shape index (κ2) is 14.5. The average Bonchev–Trinajstić information content (AvgIpc) is 3.68. The number of carbonyl (C=O) groups excluding carboxylic acids is 2. The van der Waals surface area contributed by atoms with Gasteiger partial charge in [-0.25, -0.2) is 4.79 Å². The molecule has 4 heterocycles.